The highest BCUT2D eigenvalue weighted by molar-refractivity contribution is 5.95. The van der Waals surface area contributed by atoms with Crippen molar-refractivity contribution in [1.82, 2.24) is 0 Å². The van der Waals surface area contributed by atoms with E-state index < -0.39 is 11.0 Å². The minimum absolute atomic E-state index is 0.00311. The number of nitrogens with one attached hydrogen (secondary N) is 1. The molecule has 1 aromatic rings. The predicted molar refractivity (Wildman–Crippen MR) is 69.3 cm³/mol. The number of carbonyl (C=O) groups excluding carboxylic acids is 1. The van der Waals surface area contributed by atoms with Crippen LogP contribution in [0.15, 0.2) is 18.2 Å². The molecule has 0 fully saturated rings. The zero-order chi connectivity index (χ0) is 13.7. The Bertz CT molecular complexity index is 460. The smallest absolute Gasteiger partial charge is 0.269 e. The minimum atomic E-state index is -0.551. The van der Waals surface area contributed by atoms with Gasteiger partial charge in [0.1, 0.15) is 0 Å². The van der Waals surface area contributed by atoms with E-state index in [4.69, 9.17) is 5.73 Å². The van der Waals surface area contributed by atoms with Crippen LogP contribution >= 0.6 is 0 Å². The molecule has 1 amide bonds. The van der Waals surface area contributed by atoms with Crippen molar-refractivity contribution >= 4 is 17.3 Å². The zero-order valence-electron chi connectivity index (χ0n) is 10.5. The van der Waals surface area contributed by atoms with Crippen LogP contribution in [0.2, 0.25) is 0 Å². The highest BCUT2D eigenvalue weighted by atomic mass is 16.6. The van der Waals surface area contributed by atoms with Crippen LogP contribution in [0.5, 0.6) is 0 Å². The molecule has 0 spiro atoms. The molecule has 0 aromatic heterocycles. The lowest BCUT2D eigenvalue weighted by Gasteiger charge is -2.12. The fraction of sp³-hybridized carbons (Fsp3) is 0.417. The van der Waals surface area contributed by atoms with Crippen LogP contribution in [0.1, 0.15) is 25.3 Å². The Balaban J connectivity index is 2.79. The van der Waals surface area contributed by atoms with Gasteiger partial charge in [0.05, 0.1) is 11.0 Å². The van der Waals surface area contributed by atoms with Crippen molar-refractivity contribution in [3.8, 4) is 0 Å². The Kier molecular flexibility index (Phi) is 4.79. The summed E-state index contributed by atoms with van der Waals surface area (Å²) in [7, 11) is 0. The van der Waals surface area contributed by atoms with Crippen LogP contribution in [-0.4, -0.2) is 16.9 Å². The number of benzene rings is 1. The molecule has 6 nitrogen and oxygen atoms in total. The number of non-ortho nitro benzene ring substituents is 1. The van der Waals surface area contributed by atoms with Gasteiger partial charge in [-0.25, -0.2) is 0 Å². The zero-order valence-corrected chi connectivity index (χ0v) is 10.5. The Labute approximate surface area is 105 Å². The normalized spacial score (nSPS) is 11.9. The second kappa shape index (κ2) is 6.11. The number of carbonyl (C=O) groups is 1. The highest BCUT2D eigenvalue weighted by Crippen LogP contribution is 2.21. The molecule has 0 aliphatic heterocycles. The SMILES string of the molecule is CCCC(N)C(=O)Nc1ccc([N+](=O)[O-])cc1C. The second-order valence-electron chi connectivity index (χ2n) is 4.14. The molecule has 0 radical (unpaired) electrons. The molecule has 18 heavy (non-hydrogen) atoms. The second-order valence-corrected chi connectivity index (χ2v) is 4.14. The molecule has 0 aliphatic carbocycles. The van der Waals surface area contributed by atoms with Crippen LogP contribution in [-0.2, 0) is 4.79 Å². The van der Waals surface area contributed by atoms with E-state index >= 15 is 0 Å². The molecule has 0 saturated carbocycles. The molecule has 1 atom stereocenters. The van der Waals surface area contributed by atoms with E-state index in [1.165, 1.54) is 18.2 Å². The van der Waals surface area contributed by atoms with E-state index in [1.54, 1.807) is 6.92 Å². The van der Waals surface area contributed by atoms with Crippen molar-refractivity contribution in [3.63, 3.8) is 0 Å². The van der Waals surface area contributed by atoms with Gasteiger partial charge in [0.15, 0.2) is 0 Å². The summed E-state index contributed by atoms with van der Waals surface area (Å²) in [5, 5.41) is 13.3. The standard InChI is InChI=1S/C12H17N3O3/c1-3-4-10(13)12(16)14-11-6-5-9(15(17)18)7-8(11)2/h5-7,10H,3-4,13H2,1-2H3,(H,14,16). The number of nitro groups is 1. The Morgan fingerprint density at radius 3 is 2.72 bits per heavy atom. The monoisotopic (exact) mass is 251 g/mol. The third-order valence-corrected chi connectivity index (χ3v) is 2.62. The number of rotatable bonds is 5. The maximum atomic E-state index is 11.7. The van der Waals surface area contributed by atoms with Crippen molar-refractivity contribution in [2.75, 3.05) is 5.32 Å². The Morgan fingerprint density at radius 2 is 2.22 bits per heavy atom. The summed E-state index contributed by atoms with van der Waals surface area (Å²) in [4.78, 5) is 21.8. The van der Waals surface area contributed by atoms with Crippen LogP contribution in [0.25, 0.3) is 0 Å². The molecule has 0 bridgehead atoms. The molecule has 98 valence electrons. The minimum Gasteiger partial charge on any atom is -0.324 e. The van der Waals surface area contributed by atoms with E-state index in [0.717, 1.165) is 6.42 Å². The van der Waals surface area contributed by atoms with E-state index in [0.29, 0.717) is 17.7 Å². The molecule has 1 rings (SSSR count). The maximum absolute atomic E-state index is 11.7. The number of hydrogen-bond donors (Lipinski definition) is 2. The number of nitrogens with zero attached hydrogens (tertiary/aromatic N) is 1. The lowest BCUT2D eigenvalue weighted by Crippen LogP contribution is -2.35. The van der Waals surface area contributed by atoms with Gasteiger partial charge in [-0.2, -0.15) is 0 Å². The number of nitro benzene ring substituents is 1. The molecule has 0 heterocycles. The van der Waals surface area contributed by atoms with E-state index in [1.807, 2.05) is 6.92 Å². The van der Waals surface area contributed by atoms with Gasteiger partial charge in [-0.3, -0.25) is 14.9 Å². The summed E-state index contributed by atoms with van der Waals surface area (Å²) in [6, 6.07) is 3.74. The molecular weight excluding hydrogens is 234 g/mol. The van der Waals surface area contributed by atoms with E-state index in [9.17, 15) is 14.9 Å². The van der Waals surface area contributed by atoms with Gasteiger partial charge in [-0.1, -0.05) is 13.3 Å². The average Bonchev–Trinajstić information content (AvgIpc) is 2.31. The summed E-state index contributed by atoms with van der Waals surface area (Å²) in [6.45, 7) is 3.65. The first-order chi connectivity index (χ1) is 8.45. The quantitative estimate of drug-likeness (QED) is 0.617. The number of aryl methyl sites for hydroxylation is 1. The first kappa shape index (κ1) is 14.1. The van der Waals surface area contributed by atoms with Gasteiger partial charge in [0, 0.05) is 17.8 Å². The topological polar surface area (TPSA) is 98.3 Å². The number of anilines is 1. The first-order valence-electron chi connectivity index (χ1n) is 5.77. The van der Waals surface area contributed by atoms with Gasteiger partial charge in [0.2, 0.25) is 5.91 Å². The largest absolute Gasteiger partial charge is 0.324 e. The van der Waals surface area contributed by atoms with Crippen LogP contribution in [0, 0.1) is 17.0 Å². The van der Waals surface area contributed by atoms with Gasteiger partial charge >= 0.3 is 0 Å². The summed E-state index contributed by atoms with van der Waals surface area (Å²) in [5.74, 6) is -0.270. The average molecular weight is 251 g/mol. The first-order valence-corrected chi connectivity index (χ1v) is 5.77. The van der Waals surface area contributed by atoms with Gasteiger partial charge in [0.25, 0.3) is 5.69 Å². The van der Waals surface area contributed by atoms with E-state index in [-0.39, 0.29) is 11.6 Å². The molecule has 1 unspecified atom stereocenters. The molecule has 3 N–H and O–H groups in total. The van der Waals surface area contributed by atoms with Crippen LogP contribution in [0.4, 0.5) is 11.4 Å². The van der Waals surface area contributed by atoms with Gasteiger partial charge < -0.3 is 11.1 Å². The molecule has 0 aliphatic rings. The van der Waals surface area contributed by atoms with Crippen LogP contribution < -0.4 is 11.1 Å². The van der Waals surface area contributed by atoms with Crippen molar-refractivity contribution in [2.24, 2.45) is 5.73 Å². The summed E-state index contributed by atoms with van der Waals surface area (Å²) < 4.78 is 0. The van der Waals surface area contributed by atoms with Gasteiger partial charge in [-0.15, -0.1) is 0 Å². The third kappa shape index (κ3) is 3.53. The highest BCUT2D eigenvalue weighted by Gasteiger charge is 2.14. The fourth-order valence-electron chi connectivity index (χ4n) is 1.57. The molecular formula is C12H17N3O3. The van der Waals surface area contributed by atoms with Crippen LogP contribution in [0.3, 0.4) is 0 Å². The predicted octanol–water partition coefficient (Wildman–Crippen LogP) is 1.97. The summed E-state index contributed by atoms with van der Waals surface area (Å²) in [6.07, 6.45) is 1.44. The Hall–Kier alpha value is -1.95. The number of hydrogen-bond acceptors (Lipinski definition) is 4. The molecule has 1 aromatic carbocycles. The van der Waals surface area contributed by atoms with Crippen molar-refractivity contribution in [2.45, 2.75) is 32.7 Å². The number of amides is 1. The maximum Gasteiger partial charge on any atom is 0.269 e. The third-order valence-electron chi connectivity index (χ3n) is 2.62. The van der Waals surface area contributed by atoms with E-state index in [2.05, 4.69) is 5.32 Å². The van der Waals surface area contributed by atoms with Crippen molar-refractivity contribution < 1.29 is 9.72 Å². The molecule has 0 saturated heterocycles. The summed E-state index contributed by atoms with van der Waals surface area (Å²) >= 11 is 0. The molecule has 6 heteroatoms. The summed E-state index contributed by atoms with van der Waals surface area (Å²) in [5.41, 5.74) is 6.88. The fourth-order valence-corrected chi connectivity index (χ4v) is 1.57. The lowest BCUT2D eigenvalue weighted by atomic mass is 10.1. The Morgan fingerprint density at radius 1 is 1.56 bits per heavy atom. The van der Waals surface area contributed by atoms with Crippen molar-refractivity contribution in [3.05, 3.63) is 33.9 Å². The lowest BCUT2D eigenvalue weighted by molar-refractivity contribution is -0.384. The van der Waals surface area contributed by atoms with Gasteiger partial charge in [-0.05, 0) is 25.0 Å². The van der Waals surface area contributed by atoms with Crippen molar-refractivity contribution in [1.29, 1.82) is 0 Å². The number of nitrogens with two attached hydrogens (primary N) is 1.